The van der Waals surface area contributed by atoms with E-state index < -0.39 is 0 Å². The van der Waals surface area contributed by atoms with Crippen LogP contribution in [0.4, 0.5) is 0 Å². The van der Waals surface area contributed by atoms with E-state index in [4.69, 9.17) is 0 Å². The number of para-hydroxylation sites is 1. The van der Waals surface area contributed by atoms with Gasteiger partial charge < -0.3 is 4.90 Å². The highest BCUT2D eigenvalue weighted by molar-refractivity contribution is 9.09. The Hall–Kier alpha value is -1.62. The fraction of sp³-hybridized carbons (Fsp3) is 0.333. The fourth-order valence-electron chi connectivity index (χ4n) is 1.71. The number of benzene rings is 1. The predicted molar refractivity (Wildman–Crippen MR) is 83.5 cm³/mol. The first kappa shape index (κ1) is 14.8. The molecular weight excluding hydrogens is 318 g/mol. The Labute approximate surface area is 127 Å². The van der Waals surface area contributed by atoms with Gasteiger partial charge in [-0.3, -0.25) is 4.79 Å². The highest BCUT2D eigenvalue weighted by Gasteiger charge is 2.27. The Bertz CT molecular complexity index is 592. The number of carbonyl (C=O) groups is 1. The zero-order chi connectivity index (χ0) is 14.8. The number of amides is 1. The average molecular weight is 336 g/mol. The first-order chi connectivity index (χ1) is 9.45. The molecule has 1 aromatic heterocycles. The van der Waals surface area contributed by atoms with E-state index in [2.05, 4.69) is 21.0 Å². The Morgan fingerprint density at radius 1 is 1.35 bits per heavy atom. The third kappa shape index (κ3) is 2.93. The van der Waals surface area contributed by atoms with Crippen LogP contribution in [0.3, 0.4) is 0 Å². The summed E-state index contributed by atoms with van der Waals surface area (Å²) in [5, 5.41) is 4.97. The van der Waals surface area contributed by atoms with E-state index in [-0.39, 0.29) is 11.4 Å². The summed E-state index contributed by atoms with van der Waals surface area (Å²) in [6.07, 6.45) is 3.37. The van der Waals surface area contributed by atoms with Crippen LogP contribution >= 0.6 is 15.9 Å². The van der Waals surface area contributed by atoms with Gasteiger partial charge in [0.2, 0.25) is 0 Å². The van der Waals surface area contributed by atoms with Crippen molar-refractivity contribution in [3.8, 4) is 5.69 Å². The van der Waals surface area contributed by atoms with Gasteiger partial charge in [-0.25, -0.2) is 4.68 Å². The van der Waals surface area contributed by atoms with Crippen LogP contribution in [0, 0.1) is 0 Å². The molecule has 1 aromatic carbocycles. The Morgan fingerprint density at radius 2 is 2.00 bits per heavy atom. The molecule has 20 heavy (non-hydrogen) atoms. The largest absolute Gasteiger partial charge is 0.336 e. The molecule has 0 aliphatic carbocycles. The number of hydrogen-bond donors (Lipinski definition) is 0. The topological polar surface area (TPSA) is 38.1 Å². The molecule has 4 nitrogen and oxygen atoms in total. The third-order valence-corrected chi connectivity index (χ3v) is 4.76. The van der Waals surface area contributed by atoms with Crippen molar-refractivity contribution in [2.24, 2.45) is 0 Å². The zero-order valence-electron chi connectivity index (χ0n) is 11.9. The van der Waals surface area contributed by atoms with Gasteiger partial charge in [-0.2, -0.15) is 5.10 Å². The van der Waals surface area contributed by atoms with Crippen molar-refractivity contribution in [1.29, 1.82) is 0 Å². The quantitative estimate of drug-likeness (QED) is 0.805. The SMILES string of the molecule is CN(C(=O)c1cnn(-c2ccccc2)c1)C(C)(C)CBr. The van der Waals surface area contributed by atoms with Gasteiger partial charge in [0.1, 0.15) is 0 Å². The molecule has 0 aliphatic rings. The van der Waals surface area contributed by atoms with Gasteiger partial charge in [-0.15, -0.1) is 0 Å². The first-order valence-corrected chi connectivity index (χ1v) is 7.52. The van der Waals surface area contributed by atoms with Gasteiger partial charge in [-0.1, -0.05) is 34.1 Å². The summed E-state index contributed by atoms with van der Waals surface area (Å²) in [5.74, 6) is -0.0309. The molecule has 0 N–H and O–H groups in total. The zero-order valence-corrected chi connectivity index (χ0v) is 13.5. The van der Waals surface area contributed by atoms with Crippen LogP contribution in [-0.2, 0) is 0 Å². The summed E-state index contributed by atoms with van der Waals surface area (Å²) in [5.41, 5.74) is 1.28. The second-order valence-corrected chi connectivity index (χ2v) is 5.88. The van der Waals surface area contributed by atoms with Gasteiger partial charge in [0.05, 0.1) is 17.4 Å². The van der Waals surface area contributed by atoms with Gasteiger partial charge >= 0.3 is 0 Å². The molecule has 0 saturated carbocycles. The van der Waals surface area contributed by atoms with E-state index in [1.54, 1.807) is 22.0 Å². The molecule has 1 heterocycles. The van der Waals surface area contributed by atoms with Crippen molar-refractivity contribution in [2.75, 3.05) is 12.4 Å². The molecule has 2 rings (SSSR count). The van der Waals surface area contributed by atoms with Crippen molar-refractivity contribution in [3.05, 3.63) is 48.3 Å². The van der Waals surface area contributed by atoms with Crippen LogP contribution in [0.1, 0.15) is 24.2 Å². The van der Waals surface area contributed by atoms with E-state index in [9.17, 15) is 4.79 Å². The second-order valence-electron chi connectivity index (χ2n) is 5.32. The van der Waals surface area contributed by atoms with Crippen LogP contribution in [0.15, 0.2) is 42.7 Å². The first-order valence-electron chi connectivity index (χ1n) is 6.40. The minimum absolute atomic E-state index is 0.0309. The molecule has 0 aliphatic heterocycles. The molecule has 0 bridgehead atoms. The van der Waals surface area contributed by atoms with Gasteiger partial charge in [0.25, 0.3) is 5.91 Å². The Morgan fingerprint density at radius 3 is 2.60 bits per heavy atom. The minimum atomic E-state index is -0.244. The highest BCUT2D eigenvalue weighted by atomic mass is 79.9. The molecule has 0 saturated heterocycles. The van der Waals surface area contributed by atoms with Crippen molar-refractivity contribution < 1.29 is 4.79 Å². The monoisotopic (exact) mass is 335 g/mol. The summed E-state index contributed by atoms with van der Waals surface area (Å²) in [6, 6.07) is 9.74. The summed E-state index contributed by atoms with van der Waals surface area (Å²) in [7, 11) is 1.81. The normalized spacial score (nSPS) is 11.4. The van der Waals surface area contributed by atoms with Gasteiger partial charge in [-0.05, 0) is 26.0 Å². The number of halogens is 1. The maximum atomic E-state index is 12.4. The Kier molecular flexibility index (Phi) is 4.28. The van der Waals surface area contributed by atoms with Crippen molar-refractivity contribution in [2.45, 2.75) is 19.4 Å². The van der Waals surface area contributed by atoms with E-state index in [0.717, 1.165) is 11.0 Å². The van der Waals surface area contributed by atoms with Gasteiger partial charge in [0, 0.05) is 24.1 Å². The molecule has 5 heteroatoms. The molecule has 1 amide bonds. The lowest BCUT2D eigenvalue weighted by Gasteiger charge is -2.33. The summed E-state index contributed by atoms with van der Waals surface area (Å²) >= 11 is 3.44. The number of nitrogens with zero attached hydrogens (tertiary/aromatic N) is 3. The van der Waals surface area contributed by atoms with Gasteiger partial charge in [0.15, 0.2) is 0 Å². The molecule has 0 unspecified atom stereocenters. The number of hydrogen-bond acceptors (Lipinski definition) is 2. The second kappa shape index (κ2) is 5.79. The smallest absolute Gasteiger partial charge is 0.257 e. The molecule has 0 spiro atoms. The molecule has 0 fully saturated rings. The van der Waals surface area contributed by atoms with E-state index in [1.165, 1.54) is 0 Å². The van der Waals surface area contributed by atoms with Crippen molar-refractivity contribution in [1.82, 2.24) is 14.7 Å². The maximum absolute atomic E-state index is 12.4. The predicted octanol–water partition coefficient (Wildman–Crippen LogP) is 3.12. The Balaban J connectivity index is 2.23. The van der Waals surface area contributed by atoms with Crippen molar-refractivity contribution >= 4 is 21.8 Å². The fourth-order valence-corrected chi connectivity index (χ4v) is 2.09. The van der Waals surface area contributed by atoms with Crippen LogP contribution in [0.5, 0.6) is 0 Å². The van der Waals surface area contributed by atoms with E-state index in [1.807, 2.05) is 51.2 Å². The molecular formula is C15H18BrN3O. The summed E-state index contributed by atoms with van der Waals surface area (Å²) in [4.78, 5) is 14.2. The molecule has 0 atom stereocenters. The number of alkyl halides is 1. The molecule has 2 aromatic rings. The van der Waals surface area contributed by atoms with Crippen molar-refractivity contribution in [3.63, 3.8) is 0 Å². The van der Waals surface area contributed by atoms with Crippen LogP contribution < -0.4 is 0 Å². The summed E-state index contributed by atoms with van der Waals surface area (Å²) in [6.45, 7) is 4.03. The maximum Gasteiger partial charge on any atom is 0.257 e. The minimum Gasteiger partial charge on any atom is -0.336 e. The lowest BCUT2D eigenvalue weighted by molar-refractivity contribution is 0.0663. The lowest BCUT2D eigenvalue weighted by atomic mass is 10.1. The summed E-state index contributed by atoms with van der Waals surface area (Å²) < 4.78 is 1.71. The highest BCUT2D eigenvalue weighted by Crippen LogP contribution is 2.18. The number of carbonyl (C=O) groups excluding carboxylic acids is 1. The van der Waals surface area contributed by atoms with E-state index >= 15 is 0 Å². The molecule has 0 radical (unpaired) electrons. The average Bonchev–Trinajstić information content (AvgIpc) is 2.96. The number of aromatic nitrogens is 2. The van der Waals surface area contributed by atoms with E-state index in [0.29, 0.717) is 5.56 Å². The van der Waals surface area contributed by atoms with Crippen LogP contribution in [0.2, 0.25) is 0 Å². The molecule has 106 valence electrons. The van der Waals surface area contributed by atoms with Crippen LogP contribution in [0.25, 0.3) is 5.69 Å². The third-order valence-electron chi connectivity index (χ3n) is 3.39. The number of rotatable bonds is 4. The standard InChI is InChI=1S/C15H18BrN3O/c1-15(2,11-16)18(3)14(20)12-9-17-19(10-12)13-7-5-4-6-8-13/h4-10H,11H2,1-3H3. The lowest BCUT2D eigenvalue weighted by Crippen LogP contribution is -2.46. The van der Waals surface area contributed by atoms with Crippen LogP contribution in [-0.4, -0.2) is 38.5 Å².